The van der Waals surface area contributed by atoms with Crippen LogP contribution in [0.4, 0.5) is 11.4 Å². The molecule has 1 aliphatic rings. The Morgan fingerprint density at radius 2 is 1.88 bits per heavy atom. The Bertz CT molecular complexity index is 827. The van der Waals surface area contributed by atoms with E-state index < -0.39 is 0 Å². The summed E-state index contributed by atoms with van der Waals surface area (Å²) in [5.41, 5.74) is 3.26. The summed E-state index contributed by atoms with van der Waals surface area (Å²) < 4.78 is 0. The van der Waals surface area contributed by atoms with Crippen LogP contribution in [0.3, 0.4) is 0 Å². The van der Waals surface area contributed by atoms with Crippen LogP contribution in [0.25, 0.3) is 0 Å². The van der Waals surface area contributed by atoms with E-state index in [0.29, 0.717) is 17.8 Å². The highest BCUT2D eigenvalue weighted by atomic mass is 16.2. The first kappa shape index (κ1) is 16.9. The minimum absolute atomic E-state index is 0.189. The molecular weight excluding hydrogens is 316 g/mol. The van der Waals surface area contributed by atoms with Crippen LogP contribution in [0.1, 0.15) is 24.5 Å². The molecule has 1 fully saturated rings. The van der Waals surface area contributed by atoms with Gasteiger partial charge in [0, 0.05) is 19.0 Å². The minimum atomic E-state index is -0.348. The minimum Gasteiger partial charge on any atom is -0.326 e. The molecule has 0 aliphatic carbocycles. The predicted molar refractivity (Wildman–Crippen MR) is 96.2 cm³/mol. The summed E-state index contributed by atoms with van der Waals surface area (Å²) >= 11 is 0. The van der Waals surface area contributed by atoms with Crippen LogP contribution in [0.2, 0.25) is 0 Å². The molecule has 2 aromatic carbocycles. The lowest BCUT2D eigenvalue weighted by Gasteiger charge is -2.16. The van der Waals surface area contributed by atoms with Gasteiger partial charge in [-0.2, -0.15) is 0 Å². The number of nitrogens with one attached hydrogen (secondary N) is 1. The molecule has 5 heteroatoms. The topological polar surface area (TPSA) is 66.5 Å². The number of benzene rings is 2. The Morgan fingerprint density at radius 1 is 1.16 bits per heavy atom. The van der Waals surface area contributed by atoms with Crippen LogP contribution in [-0.2, 0) is 20.8 Å². The number of hydrogen-bond acceptors (Lipinski definition) is 3. The number of carbonyl (C=O) groups is 3. The normalized spacial score (nSPS) is 17.0. The van der Waals surface area contributed by atoms with Crippen LogP contribution in [0.5, 0.6) is 0 Å². The fourth-order valence-corrected chi connectivity index (χ4v) is 3.06. The molecule has 2 aromatic rings. The molecule has 1 aliphatic heterocycles. The fraction of sp³-hybridized carbons (Fsp3) is 0.250. The lowest BCUT2D eigenvalue weighted by molar-refractivity contribution is -0.122. The first-order chi connectivity index (χ1) is 11.9. The van der Waals surface area contributed by atoms with E-state index in [0.717, 1.165) is 11.1 Å². The summed E-state index contributed by atoms with van der Waals surface area (Å²) in [5, 5.41) is 2.67. The highest BCUT2D eigenvalue weighted by Gasteiger charge is 2.39. The summed E-state index contributed by atoms with van der Waals surface area (Å²) in [6, 6.07) is 14.8. The van der Waals surface area contributed by atoms with Crippen molar-refractivity contribution in [2.24, 2.45) is 5.92 Å². The Balaban J connectivity index is 1.79. The third kappa shape index (κ3) is 3.76. The molecule has 0 saturated carbocycles. The van der Waals surface area contributed by atoms with Crippen molar-refractivity contribution >= 4 is 29.1 Å². The zero-order valence-electron chi connectivity index (χ0n) is 14.3. The second kappa shape index (κ2) is 6.89. The van der Waals surface area contributed by atoms with E-state index in [4.69, 9.17) is 0 Å². The van der Waals surface area contributed by atoms with Gasteiger partial charge in [-0.1, -0.05) is 35.9 Å². The van der Waals surface area contributed by atoms with Crippen LogP contribution in [-0.4, -0.2) is 17.7 Å². The SMILES string of the molecule is CC(=O)Nc1cccc(N2C(=O)C[C@@H](Cc3ccc(C)cc3)C2=O)c1. The number of aryl methyl sites for hydroxylation is 1. The van der Waals surface area contributed by atoms with Crippen molar-refractivity contribution in [1.82, 2.24) is 0 Å². The Morgan fingerprint density at radius 3 is 2.56 bits per heavy atom. The monoisotopic (exact) mass is 336 g/mol. The molecule has 1 atom stereocenters. The molecule has 5 nitrogen and oxygen atoms in total. The maximum atomic E-state index is 12.7. The van der Waals surface area contributed by atoms with Gasteiger partial charge < -0.3 is 5.32 Å². The van der Waals surface area contributed by atoms with E-state index in [-0.39, 0.29) is 30.1 Å². The van der Waals surface area contributed by atoms with Gasteiger partial charge in [0.1, 0.15) is 0 Å². The maximum Gasteiger partial charge on any atom is 0.237 e. The van der Waals surface area contributed by atoms with Gasteiger partial charge in [-0.25, -0.2) is 0 Å². The zero-order valence-corrected chi connectivity index (χ0v) is 14.3. The second-order valence-electron chi connectivity index (χ2n) is 6.39. The molecule has 0 radical (unpaired) electrons. The molecule has 1 saturated heterocycles. The van der Waals surface area contributed by atoms with Crippen molar-refractivity contribution in [1.29, 1.82) is 0 Å². The van der Waals surface area contributed by atoms with Crippen molar-refractivity contribution in [2.75, 3.05) is 10.2 Å². The van der Waals surface area contributed by atoms with Crippen LogP contribution in [0.15, 0.2) is 48.5 Å². The summed E-state index contributed by atoms with van der Waals surface area (Å²) in [5.74, 6) is -0.944. The molecule has 0 bridgehead atoms. The molecule has 25 heavy (non-hydrogen) atoms. The number of hydrogen-bond donors (Lipinski definition) is 1. The van der Waals surface area contributed by atoms with E-state index in [1.54, 1.807) is 24.3 Å². The quantitative estimate of drug-likeness (QED) is 0.873. The standard InChI is InChI=1S/C20H20N2O3/c1-13-6-8-15(9-7-13)10-16-11-19(24)22(20(16)25)18-5-3-4-17(12-18)21-14(2)23/h3-9,12,16H,10-11H2,1-2H3,(H,21,23)/t16-/m1/s1. The number of anilines is 2. The first-order valence-electron chi connectivity index (χ1n) is 8.24. The van der Waals surface area contributed by atoms with Gasteiger partial charge in [0.15, 0.2) is 0 Å². The van der Waals surface area contributed by atoms with Crippen molar-refractivity contribution in [3.63, 3.8) is 0 Å². The smallest absolute Gasteiger partial charge is 0.237 e. The fourth-order valence-electron chi connectivity index (χ4n) is 3.06. The highest BCUT2D eigenvalue weighted by molar-refractivity contribution is 6.21. The molecule has 0 aromatic heterocycles. The van der Waals surface area contributed by atoms with Crippen molar-refractivity contribution in [3.05, 3.63) is 59.7 Å². The molecule has 0 unspecified atom stereocenters. The van der Waals surface area contributed by atoms with E-state index in [9.17, 15) is 14.4 Å². The van der Waals surface area contributed by atoms with E-state index in [2.05, 4.69) is 5.32 Å². The molecule has 0 spiro atoms. The molecule has 3 amide bonds. The van der Waals surface area contributed by atoms with Gasteiger partial charge in [-0.3, -0.25) is 19.3 Å². The van der Waals surface area contributed by atoms with E-state index in [1.807, 2.05) is 31.2 Å². The summed E-state index contributed by atoms with van der Waals surface area (Å²) in [4.78, 5) is 37.6. The zero-order chi connectivity index (χ0) is 18.0. The third-order valence-electron chi connectivity index (χ3n) is 4.27. The van der Waals surface area contributed by atoms with Gasteiger partial charge >= 0.3 is 0 Å². The Kier molecular flexibility index (Phi) is 4.65. The predicted octanol–water partition coefficient (Wildman–Crippen LogP) is 3.08. The van der Waals surface area contributed by atoms with Crippen LogP contribution < -0.4 is 10.2 Å². The molecule has 128 valence electrons. The number of amides is 3. The van der Waals surface area contributed by atoms with E-state index in [1.165, 1.54) is 11.8 Å². The largest absolute Gasteiger partial charge is 0.326 e. The molecule has 1 heterocycles. The first-order valence-corrected chi connectivity index (χ1v) is 8.24. The summed E-state index contributed by atoms with van der Waals surface area (Å²) in [7, 11) is 0. The van der Waals surface area contributed by atoms with Crippen LogP contribution >= 0.6 is 0 Å². The van der Waals surface area contributed by atoms with Crippen molar-refractivity contribution in [3.8, 4) is 0 Å². The van der Waals surface area contributed by atoms with E-state index >= 15 is 0 Å². The van der Waals surface area contributed by atoms with Gasteiger partial charge in [-0.05, 0) is 37.1 Å². The Labute approximate surface area is 146 Å². The molecular formula is C20H20N2O3. The second-order valence-corrected chi connectivity index (χ2v) is 6.39. The molecule has 3 rings (SSSR count). The van der Waals surface area contributed by atoms with Crippen molar-refractivity contribution in [2.45, 2.75) is 26.7 Å². The lowest BCUT2D eigenvalue weighted by atomic mass is 9.97. The average Bonchev–Trinajstić information content (AvgIpc) is 2.83. The summed E-state index contributed by atoms with van der Waals surface area (Å²) in [6.07, 6.45) is 0.754. The maximum absolute atomic E-state index is 12.7. The van der Waals surface area contributed by atoms with Gasteiger partial charge in [0.25, 0.3) is 0 Å². The molecule has 1 N–H and O–H groups in total. The van der Waals surface area contributed by atoms with Crippen LogP contribution in [0, 0.1) is 12.8 Å². The van der Waals surface area contributed by atoms with Gasteiger partial charge in [-0.15, -0.1) is 0 Å². The highest BCUT2D eigenvalue weighted by Crippen LogP contribution is 2.30. The number of imide groups is 1. The summed E-state index contributed by atoms with van der Waals surface area (Å²) in [6.45, 7) is 3.42. The number of carbonyl (C=O) groups excluding carboxylic acids is 3. The van der Waals surface area contributed by atoms with Crippen molar-refractivity contribution < 1.29 is 14.4 Å². The number of nitrogens with zero attached hydrogens (tertiary/aromatic N) is 1. The number of rotatable bonds is 4. The Hall–Kier alpha value is -2.95. The lowest BCUT2D eigenvalue weighted by Crippen LogP contribution is -2.30. The third-order valence-corrected chi connectivity index (χ3v) is 4.27. The average molecular weight is 336 g/mol. The van der Waals surface area contributed by atoms with Gasteiger partial charge in [0.05, 0.1) is 11.6 Å². The van der Waals surface area contributed by atoms with Gasteiger partial charge in [0.2, 0.25) is 17.7 Å².